The molecule has 0 aliphatic heterocycles. The molecular weight excluding hydrogens is 278 g/mol. The molecule has 4 N–H and O–H groups in total. The molecule has 0 aliphatic carbocycles. The third-order valence-corrected chi connectivity index (χ3v) is 2.77. The van der Waals surface area contributed by atoms with Crippen LogP contribution in [0.15, 0.2) is 33.0 Å². The van der Waals surface area contributed by atoms with Crippen molar-refractivity contribution >= 4 is 17.1 Å². The first-order chi connectivity index (χ1) is 9.91. The molecule has 0 aliphatic rings. The quantitative estimate of drug-likeness (QED) is 0.451. The summed E-state index contributed by atoms with van der Waals surface area (Å²) in [5, 5.41) is 0. The number of fused-ring (bicyclic) bond motifs is 1. The van der Waals surface area contributed by atoms with Crippen LogP contribution >= 0.6 is 0 Å². The lowest BCUT2D eigenvalue weighted by Crippen LogP contribution is -2.30. The Morgan fingerprint density at radius 3 is 2.48 bits per heavy atom. The van der Waals surface area contributed by atoms with Crippen LogP contribution in [0.5, 0.6) is 0 Å². The molecule has 0 bridgehead atoms. The van der Waals surface area contributed by atoms with Crippen LogP contribution in [0.2, 0.25) is 0 Å². The van der Waals surface area contributed by atoms with Crippen LogP contribution in [0.4, 0.5) is 5.95 Å². The standard InChI is InChI=1S/C6H7N5O.C5H6N2O2/c1-11-5(12)3-4(9-2-8-3)10-6(11)7;1-7-4(8)2-3-6-5(7)9/h2H,1H3,(H2,7,10)(H,8,9);2-3H,1H3,(H,6,9). The van der Waals surface area contributed by atoms with E-state index in [4.69, 9.17) is 5.73 Å². The highest BCUT2D eigenvalue weighted by atomic mass is 16.2. The first-order valence-corrected chi connectivity index (χ1v) is 5.82. The first kappa shape index (κ1) is 14.2. The van der Waals surface area contributed by atoms with E-state index >= 15 is 0 Å². The summed E-state index contributed by atoms with van der Waals surface area (Å²) in [5.41, 5.74) is 5.29. The van der Waals surface area contributed by atoms with Gasteiger partial charge in [-0.05, 0) is 0 Å². The fourth-order valence-corrected chi connectivity index (χ4v) is 1.48. The van der Waals surface area contributed by atoms with E-state index in [2.05, 4.69) is 19.9 Å². The van der Waals surface area contributed by atoms with Gasteiger partial charge in [0, 0.05) is 26.4 Å². The molecule has 3 heterocycles. The second kappa shape index (κ2) is 5.45. The summed E-state index contributed by atoms with van der Waals surface area (Å²) in [7, 11) is 2.98. The van der Waals surface area contributed by atoms with Gasteiger partial charge in [0.15, 0.2) is 11.2 Å². The van der Waals surface area contributed by atoms with E-state index < -0.39 is 0 Å². The van der Waals surface area contributed by atoms with Crippen molar-refractivity contribution in [2.45, 2.75) is 0 Å². The van der Waals surface area contributed by atoms with Gasteiger partial charge in [0.1, 0.15) is 0 Å². The third-order valence-electron chi connectivity index (χ3n) is 2.77. The molecule has 3 aromatic rings. The smallest absolute Gasteiger partial charge is 0.328 e. The van der Waals surface area contributed by atoms with Gasteiger partial charge in [-0.2, -0.15) is 4.98 Å². The van der Waals surface area contributed by atoms with Gasteiger partial charge in [-0.25, -0.2) is 9.78 Å². The Labute approximate surface area is 116 Å². The molecule has 0 saturated carbocycles. The lowest BCUT2D eigenvalue weighted by Gasteiger charge is -1.99. The minimum atomic E-state index is -0.387. The maximum absolute atomic E-state index is 11.4. The van der Waals surface area contributed by atoms with Crippen molar-refractivity contribution in [3.63, 3.8) is 0 Å². The maximum atomic E-state index is 11.4. The highest BCUT2D eigenvalue weighted by molar-refractivity contribution is 5.69. The number of imidazole rings is 1. The van der Waals surface area contributed by atoms with Gasteiger partial charge in [0.05, 0.1) is 6.33 Å². The number of rotatable bonds is 0. The summed E-state index contributed by atoms with van der Waals surface area (Å²) in [6.07, 6.45) is 2.74. The van der Waals surface area contributed by atoms with Crippen molar-refractivity contribution in [1.82, 2.24) is 29.1 Å². The molecule has 10 heteroatoms. The van der Waals surface area contributed by atoms with E-state index in [0.717, 1.165) is 4.57 Å². The molecule has 0 spiro atoms. The molecule has 0 amide bonds. The monoisotopic (exact) mass is 291 g/mol. The largest absolute Gasteiger partial charge is 0.369 e. The highest BCUT2D eigenvalue weighted by Gasteiger charge is 2.06. The normalized spacial score (nSPS) is 10.2. The summed E-state index contributed by atoms with van der Waals surface area (Å²) in [6.45, 7) is 0. The van der Waals surface area contributed by atoms with Gasteiger partial charge in [-0.3, -0.25) is 18.7 Å². The first-order valence-electron chi connectivity index (χ1n) is 5.82. The van der Waals surface area contributed by atoms with Gasteiger partial charge in [0.25, 0.3) is 11.1 Å². The molecular formula is C11H13N7O3. The Morgan fingerprint density at radius 1 is 1.14 bits per heavy atom. The maximum Gasteiger partial charge on any atom is 0.328 e. The third kappa shape index (κ3) is 2.73. The molecule has 0 fully saturated rings. The molecule has 0 saturated heterocycles. The number of hydrogen-bond acceptors (Lipinski definition) is 6. The van der Waals surface area contributed by atoms with Crippen LogP contribution in [-0.4, -0.2) is 29.1 Å². The number of H-pyrrole nitrogens is 2. The molecule has 0 radical (unpaired) electrons. The Bertz CT molecular complexity index is 918. The Morgan fingerprint density at radius 2 is 1.86 bits per heavy atom. The molecule has 21 heavy (non-hydrogen) atoms. The minimum absolute atomic E-state index is 0.166. The number of aromatic nitrogens is 6. The molecule has 3 rings (SSSR count). The fourth-order valence-electron chi connectivity index (χ4n) is 1.48. The van der Waals surface area contributed by atoms with Gasteiger partial charge >= 0.3 is 5.69 Å². The SMILES string of the molecule is Cn1c(=O)cc[nH]c1=O.Cn1c(N)nc2nc[nH]c2c1=O. The lowest BCUT2D eigenvalue weighted by molar-refractivity contribution is 0.775. The molecule has 0 aromatic carbocycles. The van der Waals surface area contributed by atoms with Crippen molar-refractivity contribution < 1.29 is 0 Å². The summed E-state index contributed by atoms with van der Waals surface area (Å²) in [5.74, 6) is 0.166. The van der Waals surface area contributed by atoms with Crippen LogP contribution in [0.1, 0.15) is 0 Å². The molecule has 3 aromatic heterocycles. The number of hydrogen-bond donors (Lipinski definition) is 3. The van der Waals surface area contributed by atoms with Crippen molar-refractivity contribution in [3.05, 3.63) is 49.8 Å². The van der Waals surface area contributed by atoms with Crippen LogP contribution < -0.4 is 22.5 Å². The van der Waals surface area contributed by atoms with Crippen LogP contribution in [-0.2, 0) is 14.1 Å². The fraction of sp³-hybridized carbons (Fsp3) is 0.182. The average Bonchev–Trinajstić information content (AvgIpc) is 2.91. The number of nitrogen functional groups attached to an aromatic ring is 1. The zero-order chi connectivity index (χ0) is 15.6. The topological polar surface area (TPSA) is 144 Å². The summed E-state index contributed by atoms with van der Waals surface area (Å²) in [4.78, 5) is 45.3. The van der Waals surface area contributed by atoms with Gasteiger partial charge in [0.2, 0.25) is 5.95 Å². The van der Waals surface area contributed by atoms with E-state index in [1.807, 2.05) is 0 Å². The van der Waals surface area contributed by atoms with E-state index in [-0.39, 0.29) is 22.8 Å². The number of nitrogens with zero attached hydrogens (tertiary/aromatic N) is 4. The van der Waals surface area contributed by atoms with E-state index in [0.29, 0.717) is 11.2 Å². The zero-order valence-corrected chi connectivity index (χ0v) is 11.3. The number of anilines is 1. The van der Waals surface area contributed by atoms with Gasteiger partial charge in [-0.1, -0.05) is 0 Å². The van der Waals surface area contributed by atoms with E-state index in [1.165, 1.54) is 30.2 Å². The highest BCUT2D eigenvalue weighted by Crippen LogP contribution is 2.01. The van der Waals surface area contributed by atoms with Gasteiger partial charge < -0.3 is 15.7 Å². The number of nitrogens with one attached hydrogen (secondary N) is 2. The predicted molar refractivity (Wildman–Crippen MR) is 75.8 cm³/mol. The summed E-state index contributed by atoms with van der Waals surface area (Å²) in [6, 6.07) is 1.29. The Kier molecular flexibility index (Phi) is 3.69. The van der Waals surface area contributed by atoms with E-state index in [1.54, 1.807) is 7.05 Å². The second-order valence-electron chi connectivity index (χ2n) is 4.12. The van der Waals surface area contributed by atoms with Crippen molar-refractivity contribution in [1.29, 1.82) is 0 Å². The second-order valence-corrected chi connectivity index (χ2v) is 4.12. The summed E-state index contributed by atoms with van der Waals surface area (Å²) < 4.78 is 2.26. The zero-order valence-electron chi connectivity index (χ0n) is 11.3. The number of nitrogens with two attached hydrogens (primary N) is 1. The summed E-state index contributed by atoms with van der Waals surface area (Å²) >= 11 is 0. The predicted octanol–water partition coefficient (Wildman–Crippen LogP) is -1.69. The average molecular weight is 291 g/mol. The molecule has 10 nitrogen and oxygen atoms in total. The van der Waals surface area contributed by atoms with Crippen molar-refractivity contribution in [2.75, 3.05) is 5.73 Å². The lowest BCUT2D eigenvalue weighted by atomic mass is 10.5. The minimum Gasteiger partial charge on any atom is -0.369 e. The molecule has 0 atom stereocenters. The Hall–Kier alpha value is -3.17. The van der Waals surface area contributed by atoms with Crippen LogP contribution in [0.25, 0.3) is 11.2 Å². The van der Waals surface area contributed by atoms with Crippen molar-refractivity contribution in [3.8, 4) is 0 Å². The molecule has 110 valence electrons. The van der Waals surface area contributed by atoms with Crippen molar-refractivity contribution in [2.24, 2.45) is 14.1 Å². The Balaban J connectivity index is 0.000000161. The number of aromatic amines is 2. The van der Waals surface area contributed by atoms with Crippen LogP contribution in [0.3, 0.4) is 0 Å². The van der Waals surface area contributed by atoms with E-state index in [9.17, 15) is 14.4 Å². The van der Waals surface area contributed by atoms with Crippen LogP contribution in [0, 0.1) is 0 Å². The van der Waals surface area contributed by atoms with Gasteiger partial charge in [-0.15, -0.1) is 0 Å². The molecule has 0 unspecified atom stereocenters.